The number of carbonyl (C=O) groups excluding carboxylic acids is 4. The highest BCUT2D eigenvalue weighted by molar-refractivity contribution is 7.89. The molecule has 13 heteroatoms. The van der Waals surface area contributed by atoms with Crippen LogP contribution in [0.25, 0.3) is 0 Å². The first kappa shape index (κ1) is 31.9. The predicted molar refractivity (Wildman–Crippen MR) is 164 cm³/mol. The van der Waals surface area contributed by atoms with E-state index in [1.54, 1.807) is 18.7 Å². The van der Waals surface area contributed by atoms with Crippen LogP contribution in [0.3, 0.4) is 0 Å². The third-order valence-electron chi connectivity index (χ3n) is 7.06. The highest BCUT2D eigenvalue weighted by atomic mass is 32.2. The fourth-order valence-corrected chi connectivity index (χ4v) is 7.55. The zero-order valence-electron chi connectivity index (χ0n) is 24.7. The Bertz CT molecular complexity index is 1630. The van der Waals surface area contributed by atoms with Crippen molar-refractivity contribution in [1.29, 1.82) is 0 Å². The molecular weight excluding hydrogens is 590 g/mol. The average molecular weight is 626 g/mol. The van der Waals surface area contributed by atoms with Crippen molar-refractivity contribution in [2.24, 2.45) is 0 Å². The normalized spacial score (nSPS) is 13.0. The molecule has 0 saturated carbocycles. The van der Waals surface area contributed by atoms with E-state index in [-0.39, 0.29) is 46.1 Å². The van der Waals surface area contributed by atoms with Gasteiger partial charge in [-0.2, -0.15) is 4.31 Å². The molecule has 228 valence electrons. The van der Waals surface area contributed by atoms with Crippen molar-refractivity contribution in [3.63, 3.8) is 0 Å². The zero-order chi connectivity index (χ0) is 31.5. The van der Waals surface area contributed by atoms with Crippen molar-refractivity contribution in [2.45, 2.75) is 51.2 Å². The molecule has 1 aliphatic rings. The molecule has 1 aliphatic heterocycles. The number of hydrogen-bond acceptors (Lipinski definition) is 7. The quantitative estimate of drug-likeness (QED) is 0.390. The fourth-order valence-electron chi connectivity index (χ4n) is 4.67. The van der Waals surface area contributed by atoms with Gasteiger partial charge in [0.25, 0.3) is 11.8 Å². The first-order valence-corrected chi connectivity index (χ1v) is 15.9. The molecule has 2 N–H and O–H groups in total. The maximum Gasteiger partial charge on any atom is 0.323 e. The Kier molecular flexibility index (Phi) is 9.68. The molecule has 43 heavy (non-hydrogen) atoms. The number of thiophene rings is 1. The summed E-state index contributed by atoms with van der Waals surface area (Å²) in [7, 11) is -0.858. The van der Waals surface area contributed by atoms with E-state index in [0.717, 1.165) is 10.4 Å². The summed E-state index contributed by atoms with van der Waals surface area (Å²) in [6.45, 7) is 5.97. The number of sulfonamides is 1. The summed E-state index contributed by atoms with van der Waals surface area (Å²) in [5, 5.41) is 5.35. The van der Waals surface area contributed by atoms with Gasteiger partial charge in [0.05, 0.1) is 17.0 Å². The lowest BCUT2D eigenvalue weighted by Gasteiger charge is -2.26. The largest absolute Gasteiger partial charge is 0.337 e. The second-order valence-corrected chi connectivity index (χ2v) is 13.7. The molecule has 0 radical (unpaired) electrons. The number of anilines is 1. The van der Waals surface area contributed by atoms with Gasteiger partial charge in [-0.15, -0.1) is 11.3 Å². The molecule has 11 nitrogen and oxygen atoms in total. The van der Waals surface area contributed by atoms with Gasteiger partial charge in [0.1, 0.15) is 5.00 Å². The summed E-state index contributed by atoms with van der Waals surface area (Å²) in [4.78, 5) is 54.4. The van der Waals surface area contributed by atoms with Crippen molar-refractivity contribution in [1.82, 2.24) is 19.4 Å². The summed E-state index contributed by atoms with van der Waals surface area (Å²) in [6.07, 6.45) is 0.391. The minimum Gasteiger partial charge on any atom is -0.337 e. The van der Waals surface area contributed by atoms with Crippen LogP contribution in [0.2, 0.25) is 0 Å². The Morgan fingerprint density at radius 1 is 0.977 bits per heavy atom. The summed E-state index contributed by atoms with van der Waals surface area (Å²) in [5.41, 5.74) is 1.90. The summed E-state index contributed by atoms with van der Waals surface area (Å²) in [6, 6.07) is 14.0. The highest BCUT2D eigenvalue weighted by Crippen LogP contribution is 2.37. The maximum atomic E-state index is 13.5. The minimum absolute atomic E-state index is 0.0480. The van der Waals surface area contributed by atoms with Crippen LogP contribution in [0.1, 0.15) is 57.5 Å². The molecule has 2 heterocycles. The number of urea groups is 1. The number of nitrogens with one attached hydrogen (secondary N) is 2. The van der Waals surface area contributed by atoms with Crippen molar-refractivity contribution in [3.05, 3.63) is 81.7 Å². The Labute approximate surface area is 255 Å². The second kappa shape index (κ2) is 13.1. The number of fused-ring (bicyclic) bond motifs is 1. The Morgan fingerprint density at radius 3 is 2.21 bits per heavy atom. The third kappa shape index (κ3) is 7.12. The molecule has 0 bridgehead atoms. The van der Waals surface area contributed by atoms with Crippen molar-refractivity contribution in [3.8, 4) is 0 Å². The highest BCUT2D eigenvalue weighted by Gasteiger charge is 2.31. The lowest BCUT2D eigenvalue weighted by atomic mass is 10.0. The van der Waals surface area contributed by atoms with E-state index in [2.05, 4.69) is 10.6 Å². The van der Waals surface area contributed by atoms with Crippen LogP contribution in [0.5, 0.6) is 0 Å². The van der Waals surface area contributed by atoms with Gasteiger partial charge in [-0.05, 0) is 55.7 Å². The van der Waals surface area contributed by atoms with Gasteiger partial charge < -0.3 is 15.1 Å². The van der Waals surface area contributed by atoms with E-state index < -0.39 is 27.9 Å². The van der Waals surface area contributed by atoms with Crippen molar-refractivity contribution >= 4 is 50.1 Å². The molecule has 0 saturated heterocycles. The van der Waals surface area contributed by atoms with Gasteiger partial charge in [-0.1, -0.05) is 30.3 Å². The summed E-state index contributed by atoms with van der Waals surface area (Å²) in [5.74, 6) is -1.31. The topological polar surface area (TPSA) is 136 Å². The zero-order valence-corrected chi connectivity index (χ0v) is 26.3. The smallest absolute Gasteiger partial charge is 0.323 e. The first-order valence-electron chi connectivity index (χ1n) is 13.7. The fraction of sp³-hybridized carbons (Fsp3) is 0.333. The summed E-state index contributed by atoms with van der Waals surface area (Å²) >= 11 is 1.17. The molecule has 0 fully saturated rings. The van der Waals surface area contributed by atoms with E-state index in [1.165, 1.54) is 65.8 Å². The third-order valence-corrected chi connectivity index (χ3v) is 10.2. The molecule has 0 aliphatic carbocycles. The molecule has 0 unspecified atom stereocenters. The number of benzene rings is 2. The van der Waals surface area contributed by atoms with E-state index >= 15 is 0 Å². The molecule has 0 atom stereocenters. The lowest BCUT2D eigenvalue weighted by molar-refractivity contribution is -0.129. The lowest BCUT2D eigenvalue weighted by Crippen LogP contribution is -2.39. The Balaban J connectivity index is 1.59. The number of amides is 5. The van der Waals surface area contributed by atoms with Gasteiger partial charge in [0.2, 0.25) is 15.9 Å². The van der Waals surface area contributed by atoms with E-state index in [1.807, 2.05) is 30.3 Å². The Morgan fingerprint density at radius 2 is 1.63 bits per heavy atom. The van der Waals surface area contributed by atoms with Crippen LogP contribution in [0.4, 0.5) is 9.80 Å². The second-order valence-electron chi connectivity index (χ2n) is 10.7. The number of imide groups is 1. The van der Waals surface area contributed by atoms with Gasteiger partial charge in [0.15, 0.2) is 0 Å². The van der Waals surface area contributed by atoms with E-state index in [4.69, 9.17) is 0 Å². The van der Waals surface area contributed by atoms with Crippen molar-refractivity contribution < 1.29 is 27.6 Å². The number of rotatable bonds is 8. The number of carbonyl (C=O) groups is 4. The molecule has 5 amide bonds. The first-order chi connectivity index (χ1) is 20.3. The van der Waals surface area contributed by atoms with E-state index in [9.17, 15) is 27.6 Å². The van der Waals surface area contributed by atoms with Crippen LogP contribution < -0.4 is 10.6 Å². The maximum absolute atomic E-state index is 13.5. The number of hydrogen-bond donors (Lipinski definition) is 2. The summed E-state index contributed by atoms with van der Waals surface area (Å²) < 4.78 is 28.4. The molecule has 3 aromatic rings. The van der Waals surface area contributed by atoms with Crippen LogP contribution >= 0.6 is 11.3 Å². The number of nitrogens with zero attached hydrogens (tertiary/aromatic N) is 3. The SMILES string of the molecule is CC(=O)N1CCc2c(sc(NC(=O)c3ccc(S(=O)(=O)N(Cc4ccccc4)C(C)C)cc3)c2C(=O)NC(=O)N(C)C)C1. The standard InChI is InChI=1S/C30H35N5O6S2/c1-19(2)35(17-21-9-7-6-8-10-21)43(40,41)23-13-11-22(12-14-23)27(37)31-29-26(28(38)32-30(39)33(4)5)24-15-16-34(20(3)36)18-25(24)42-29/h6-14,19H,15-18H2,1-5H3,(H,31,37)(H,32,38,39). The minimum atomic E-state index is -3.87. The Hall–Kier alpha value is -4.07. The van der Waals surface area contributed by atoms with Crippen LogP contribution in [0.15, 0.2) is 59.5 Å². The van der Waals surface area contributed by atoms with Crippen LogP contribution in [-0.2, 0) is 34.3 Å². The molecule has 0 spiro atoms. The average Bonchev–Trinajstić information content (AvgIpc) is 3.33. The van der Waals surface area contributed by atoms with Gasteiger partial charge >= 0.3 is 6.03 Å². The molecule has 4 rings (SSSR count). The molecule has 1 aromatic heterocycles. The van der Waals surface area contributed by atoms with Crippen LogP contribution in [0, 0.1) is 0 Å². The van der Waals surface area contributed by atoms with Gasteiger partial charge in [0, 0.05) is 50.6 Å². The predicted octanol–water partition coefficient (Wildman–Crippen LogP) is 3.92. The van der Waals surface area contributed by atoms with Crippen LogP contribution in [-0.4, -0.2) is 73.0 Å². The van der Waals surface area contributed by atoms with Gasteiger partial charge in [-0.25, -0.2) is 13.2 Å². The molecular formula is C30H35N5O6S2. The van der Waals surface area contributed by atoms with Gasteiger partial charge in [-0.3, -0.25) is 19.7 Å². The van der Waals surface area contributed by atoms with Crippen molar-refractivity contribution in [2.75, 3.05) is 26.0 Å². The monoisotopic (exact) mass is 625 g/mol. The molecule has 2 aromatic carbocycles. The van der Waals surface area contributed by atoms with E-state index in [0.29, 0.717) is 18.5 Å².